The first-order valence-corrected chi connectivity index (χ1v) is 11.4. The lowest BCUT2D eigenvalue weighted by Gasteiger charge is -2.41. The Kier molecular flexibility index (Phi) is 6.02. The molecule has 10 heteroatoms. The zero-order chi connectivity index (χ0) is 24.5. The number of nitrogens with zero attached hydrogens (tertiary/aromatic N) is 3. The molecule has 0 radical (unpaired) electrons. The molecule has 0 spiro atoms. The molecule has 1 saturated heterocycles. The SMILES string of the molecule is COc1ccc(N2C(=O)NC3CC(c4nc(-c5cccc(OC)c5OC)no4)CCC3C2=O)cc1. The summed E-state index contributed by atoms with van der Waals surface area (Å²) in [5, 5.41) is 7.16. The second-order valence-corrected chi connectivity index (χ2v) is 8.54. The maximum atomic E-state index is 13.2. The van der Waals surface area contributed by atoms with Crippen LogP contribution in [0.4, 0.5) is 10.5 Å². The van der Waals surface area contributed by atoms with Gasteiger partial charge in [-0.3, -0.25) is 4.79 Å². The van der Waals surface area contributed by atoms with Gasteiger partial charge < -0.3 is 24.1 Å². The number of benzene rings is 2. The van der Waals surface area contributed by atoms with E-state index in [1.54, 1.807) is 51.7 Å². The summed E-state index contributed by atoms with van der Waals surface area (Å²) in [7, 11) is 4.69. The zero-order valence-corrected chi connectivity index (χ0v) is 19.7. The van der Waals surface area contributed by atoms with Gasteiger partial charge >= 0.3 is 6.03 Å². The maximum Gasteiger partial charge on any atom is 0.328 e. The second-order valence-electron chi connectivity index (χ2n) is 8.54. The largest absolute Gasteiger partial charge is 0.497 e. The predicted octanol–water partition coefficient (Wildman–Crippen LogP) is 3.77. The molecule has 3 aromatic rings. The normalized spacial score (nSPS) is 21.8. The van der Waals surface area contributed by atoms with Gasteiger partial charge in [0, 0.05) is 12.0 Å². The number of para-hydroxylation sites is 1. The van der Waals surface area contributed by atoms with E-state index in [-0.39, 0.29) is 23.8 Å². The number of aromatic nitrogens is 2. The van der Waals surface area contributed by atoms with Crippen LogP contribution in [0.2, 0.25) is 0 Å². The highest BCUT2D eigenvalue weighted by Crippen LogP contribution is 2.41. The first-order chi connectivity index (χ1) is 17.0. The number of methoxy groups -OCH3 is 3. The lowest BCUT2D eigenvalue weighted by atomic mass is 9.76. The minimum Gasteiger partial charge on any atom is -0.497 e. The van der Waals surface area contributed by atoms with E-state index in [0.29, 0.717) is 59.5 Å². The number of rotatable bonds is 6. The number of imide groups is 1. The molecule has 1 aliphatic heterocycles. The number of hydrogen-bond donors (Lipinski definition) is 1. The third kappa shape index (κ3) is 4.05. The van der Waals surface area contributed by atoms with Crippen LogP contribution in [0.25, 0.3) is 11.4 Å². The molecule has 1 N–H and O–H groups in total. The molecular weight excluding hydrogens is 452 g/mol. The highest BCUT2D eigenvalue weighted by atomic mass is 16.5. The Labute approximate surface area is 202 Å². The topological polar surface area (TPSA) is 116 Å². The van der Waals surface area contributed by atoms with Crippen molar-refractivity contribution >= 4 is 17.6 Å². The van der Waals surface area contributed by atoms with Crippen molar-refractivity contribution in [3.8, 4) is 28.6 Å². The standard InChI is InChI=1S/C25H26N4O6/c1-32-16-10-8-15(9-11-16)29-24(30)17-12-7-14(13-19(17)26-25(29)31)23-27-22(28-35-23)18-5-4-6-20(33-2)21(18)34-3/h4-6,8-11,14,17,19H,7,12-13H2,1-3H3,(H,26,31). The summed E-state index contributed by atoms with van der Waals surface area (Å²) in [6, 6.07) is 11.6. The number of anilines is 1. The second kappa shape index (κ2) is 9.28. The van der Waals surface area contributed by atoms with Gasteiger partial charge in [-0.2, -0.15) is 4.98 Å². The lowest BCUT2D eigenvalue weighted by Crippen LogP contribution is -2.61. The van der Waals surface area contributed by atoms with Crippen molar-refractivity contribution in [3.63, 3.8) is 0 Å². The van der Waals surface area contributed by atoms with Crippen LogP contribution < -0.4 is 24.4 Å². The molecule has 2 heterocycles. The van der Waals surface area contributed by atoms with Gasteiger partial charge in [-0.15, -0.1) is 0 Å². The van der Waals surface area contributed by atoms with Crippen LogP contribution in [0, 0.1) is 5.92 Å². The Hall–Kier alpha value is -4.08. The Morgan fingerprint density at radius 1 is 1.00 bits per heavy atom. The molecule has 3 unspecified atom stereocenters. The van der Waals surface area contributed by atoms with E-state index >= 15 is 0 Å². The van der Waals surface area contributed by atoms with Gasteiger partial charge in [-0.1, -0.05) is 11.2 Å². The Balaban J connectivity index is 1.33. The van der Waals surface area contributed by atoms with Gasteiger partial charge in [-0.25, -0.2) is 9.69 Å². The third-order valence-corrected chi connectivity index (χ3v) is 6.67. The first-order valence-electron chi connectivity index (χ1n) is 11.4. The van der Waals surface area contributed by atoms with Crippen molar-refractivity contribution in [2.24, 2.45) is 5.92 Å². The van der Waals surface area contributed by atoms with Gasteiger partial charge in [0.15, 0.2) is 11.5 Å². The summed E-state index contributed by atoms with van der Waals surface area (Å²) < 4.78 is 21.6. The Bertz CT molecular complexity index is 1240. The van der Waals surface area contributed by atoms with Crippen LogP contribution in [-0.2, 0) is 4.79 Å². The minimum atomic E-state index is -0.436. The molecular formula is C25H26N4O6. The van der Waals surface area contributed by atoms with Gasteiger partial charge in [0.2, 0.25) is 17.6 Å². The van der Waals surface area contributed by atoms with Crippen molar-refractivity contribution < 1.29 is 28.3 Å². The average Bonchev–Trinajstić information content (AvgIpc) is 3.38. The highest BCUT2D eigenvalue weighted by Gasteiger charge is 2.46. The molecule has 1 aliphatic carbocycles. The van der Waals surface area contributed by atoms with E-state index in [9.17, 15) is 9.59 Å². The third-order valence-electron chi connectivity index (χ3n) is 6.67. The fourth-order valence-electron chi connectivity index (χ4n) is 4.89. The van der Waals surface area contributed by atoms with Gasteiger partial charge in [0.25, 0.3) is 0 Å². The molecule has 35 heavy (non-hydrogen) atoms. The molecule has 3 amide bonds. The zero-order valence-electron chi connectivity index (χ0n) is 19.7. The number of carbonyl (C=O) groups is 2. The van der Waals surface area contributed by atoms with Gasteiger partial charge in [-0.05, 0) is 55.7 Å². The molecule has 5 rings (SSSR count). The average molecular weight is 479 g/mol. The quantitative estimate of drug-likeness (QED) is 0.569. The summed E-state index contributed by atoms with van der Waals surface area (Å²) in [5.41, 5.74) is 1.18. The van der Waals surface area contributed by atoms with Crippen molar-refractivity contribution in [1.29, 1.82) is 0 Å². The number of amides is 3. The number of nitrogens with one attached hydrogen (secondary N) is 1. The Morgan fingerprint density at radius 3 is 2.51 bits per heavy atom. The van der Waals surface area contributed by atoms with Crippen LogP contribution in [-0.4, -0.2) is 49.5 Å². The van der Waals surface area contributed by atoms with Crippen LogP contribution >= 0.6 is 0 Å². The number of carbonyl (C=O) groups excluding carboxylic acids is 2. The molecule has 3 atom stereocenters. The van der Waals surface area contributed by atoms with Gasteiger partial charge in [0.05, 0.1) is 38.5 Å². The number of urea groups is 1. The molecule has 182 valence electrons. The van der Waals surface area contributed by atoms with Crippen molar-refractivity contribution in [1.82, 2.24) is 15.5 Å². The van der Waals surface area contributed by atoms with Crippen molar-refractivity contribution in [3.05, 3.63) is 48.4 Å². The predicted molar refractivity (Wildman–Crippen MR) is 126 cm³/mol. The van der Waals surface area contributed by atoms with E-state index < -0.39 is 6.03 Å². The summed E-state index contributed by atoms with van der Waals surface area (Å²) in [4.78, 5) is 31.9. The summed E-state index contributed by atoms with van der Waals surface area (Å²) in [6.07, 6.45) is 1.83. The van der Waals surface area contributed by atoms with Crippen LogP contribution in [0.3, 0.4) is 0 Å². The lowest BCUT2D eigenvalue weighted by molar-refractivity contribution is -0.124. The maximum absolute atomic E-state index is 13.2. The highest BCUT2D eigenvalue weighted by molar-refractivity contribution is 6.17. The number of hydrogen-bond acceptors (Lipinski definition) is 8. The smallest absolute Gasteiger partial charge is 0.328 e. The first kappa shape index (κ1) is 22.7. The van der Waals surface area contributed by atoms with E-state index in [4.69, 9.17) is 18.7 Å². The molecule has 2 aliphatic rings. The summed E-state index contributed by atoms with van der Waals surface area (Å²) >= 11 is 0. The van der Waals surface area contributed by atoms with Crippen LogP contribution in [0.1, 0.15) is 31.1 Å². The van der Waals surface area contributed by atoms with E-state index in [0.717, 1.165) is 0 Å². The van der Waals surface area contributed by atoms with E-state index in [2.05, 4.69) is 15.5 Å². The van der Waals surface area contributed by atoms with E-state index in [1.165, 1.54) is 4.90 Å². The van der Waals surface area contributed by atoms with Gasteiger partial charge in [0.1, 0.15) is 5.75 Å². The van der Waals surface area contributed by atoms with Crippen molar-refractivity contribution in [2.75, 3.05) is 26.2 Å². The fourth-order valence-corrected chi connectivity index (χ4v) is 4.89. The van der Waals surface area contributed by atoms with Crippen LogP contribution in [0.5, 0.6) is 17.2 Å². The molecule has 2 aromatic carbocycles. The molecule has 1 aromatic heterocycles. The molecule has 10 nitrogen and oxygen atoms in total. The Morgan fingerprint density at radius 2 is 1.80 bits per heavy atom. The van der Waals surface area contributed by atoms with Crippen LogP contribution in [0.15, 0.2) is 47.0 Å². The van der Waals surface area contributed by atoms with Crippen molar-refractivity contribution in [2.45, 2.75) is 31.2 Å². The monoisotopic (exact) mass is 478 g/mol. The molecule has 0 bridgehead atoms. The van der Waals surface area contributed by atoms with E-state index in [1.807, 2.05) is 12.1 Å². The minimum absolute atomic E-state index is 0.0743. The molecule has 1 saturated carbocycles. The number of ether oxygens (including phenoxy) is 3. The summed E-state index contributed by atoms with van der Waals surface area (Å²) in [5.74, 6) is 2.03. The summed E-state index contributed by atoms with van der Waals surface area (Å²) in [6.45, 7) is 0. The fraction of sp³-hybridized carbons (Fsp3) is 0.360. The number of fused-ring (bicyclic) bond motifs is 1. The molecule has 2 fully saturated rings.